The first kappa shape index (κ1) is 27.2. The molecule has 3 aromatic carbocycles. The van der Waals surface area contributed by atoms with Gasteiger partial charge in [-0.05, 0) is 54.8 Å². The molecule has 1 aliphatic rings. The first-order chi connectivity index (χ1) is 19.9. The van der Waals surface area contributed by atoms with Gasteiger partial charge in [0.15, 0.2) is 11.5 Å². The van der Waals surface area contributed by atoms with Crippen molar-refractivity contribution in [2.45, 2.75) is 13.3 Å². The Morgan fingerprint density at radius 3 is 2.24 bits per heavy atom. The van der Waals surface area contributed by atoms with E-state index in [9.17, 15) is 14.9 Å². The lowest BCUT2D eigenvalue weighted by molar-refractivity contribution is -0.140. The molecule has 0 saturated carbocycles. The topological polar surface area (TPSA) is 97.5 Å². The summed E-state index contributed by atoms with van der Waals surface area (Å²) in [7, 11) is 3.11. The molecule has 41 heavy (non-hydrogen) atoms. The molecule has 0 spiro atoms. The van der Waals surface area contributed by atoms with Gasteiger partial charge in [0.05, 0.1) is 25.6 Å². The first-order valence-electron chi connectivity index (χ1n) is 13.1. The lowest BCUT2D eigenvalue weighted by Gasteiger charge is -2.27. The molecule has 0 unspecified atom stereocenters. The van der Waals surface area contributed by atoms with Gasteiger partial charge in [0.2, 0.25) is 0 Å². The number of ether oxygens (including phenoxy) is 2. The molecule has 0 radical (unpaired) electrons. The molecule has 1 aromatic heterocycles. The van der Waals surface area contributed by atoms with E-state index in [0.717, 1.165) is 21.7 Å². The van der Waals surface area contributed by atoms with Gasteiger partial charge < -0.3 is 9.47 Å². The largest absolute Gasteiger partial charge is 0.493 e. The molecule has 0 fully saturated rings. The molecule has 0 saturated heterocycles. The van der Waals surface area contributed by atoms with Gasteiger partial charge >= 0.3 is 0 Å². The summed E-state index contributed by atoms with van der Waals surface area (Å²) in [6.45, 7) is 1.73. The van der Waals surface area contributed by atoms with Crippen LogP contribution in [0.4, 0.5) is 0 Å². The number of hydrogen-bond acceptors (Lipinski definition) is 6. The van der Waals surface area contributed by atoms with Crippen molar-refractivity contribution >= 4 is 17.9 Å². The second kappa shape index (κ2) is 11.8. The molecule has 2 heterocycles. The van der Waals surface area contributed by atoms with Crippen molar-refractivity contribution in [2.24, 2.45) is 0 Å². The standard InChI is InChI=1S/C33H28N4O4/c1-22-27(19-25-21-37(26-12-8-5-9-13-26)35-31(25)24-10-6-4-7-11-24)32(38)36(33(39)28(22)20-34)17-16-23-14-15-29(40-2)30(18-23)41-3/h4-15,18-19,21H,16-17H2,1-3H3/b27-19-. The number of carbonyl (C=O) groups is 2. The Hall–Kier alpha value is -5.42. The van der Waals surface area contributed by atoms with Gasteiger partial charge in [0, 0.05) is 29.4 Å². The molecule has 8 heteroatoms. The molecular formula is C33H28N4O4. The van der Waals surface area contributed by atoms with Crippen molar-refractivity contribution in [1.82, 2.24) is 14.7 Å². The fourth-order valence-electron chi connectivity index (χ4n) is 4.79. The molecule has 0 bridgehead atoms. The fourth-order valence-corrected chi connectivity index (χ4v) is 4.79. The highest BCUT2D eigenvalue weighted by molar-refractivity contribution is 6.19. The van der Waals surface area contributed by atoms with Crippen LogP contribution >= 0.6 is 0 Å². The predicted octanol–water partition coefficient (Wildman–Crippen LogP) is 5.39. The Balaban J connectivity index is 1.54. The number of nitrogens with zero attached hydrogens (tertiary/aromatic N) is 4. The monoisotopic (exact) mass is 544 g/mol. The Morgan fingerprint density at radius 2 is 1.59 bits per heavy atom. The molecule has 5 rings (SSSR count). The van der Waals surface area contributed by atoms with Gasteiger partial charge in [-0.2, -0.15) is 10.4 Å². The van der Waals surface area contributed by atoms with Crippen LogP contribution in [0.15, 0.2) is 102 Å². The average Bonchev–Trinajstić information content (AvgIpc) is 3.44. The number of imide groups is 1. The summed E-state index contributed by atoms with van der Waals surface area (Å²) in [5.41, 5.74) is 4.52. The third-order valence-corrected chi connectivity index (χ3v) is 7.01. The number of carbonyl (C=O) groups excluding carboxylic acids is 2. The minimum Gasteiger partial charge on any atom is -0.493 e. The Bertz CT molecular complexity index is 1710. The maximum Gasteiger partial charge on any atom is 0.271 e. The molecule has 0 N–H and O–H groups in total. The smallest absolute Gasteiger partial charge is 0.271 e. The number of amides is 2. The highest BCUT2D eigenvalue weighted by atomic mass is 16.5. The Kier molecular flexibility index (Phi) is 7.79. The number of methoxy groups -OCH3 is 2. The zero-order chi connectivity index (χ0) is 28.9. The van der Waals surface area contributed by atoms with Crippen LogP contribution < -0.4 is 9.47 Å². The van der Waals surface area contributed by atoms with Gasteiger partial charge in [-0.25, -0.2) is 4.68 Å². The SMILES string of the molecule is COc1ccc(CCN2C(=O)C(C#N)=C(C)/C(=C/c3cn(-c4ccccc4)nc3-c3ccccc3)C2=O)cc1OC. The van der Waals surface area contributed by atoms with Gasteiger partial charge in [-0.1, -0.05) is 54.6 Å². The predicted molar refractivity (Wildman–Crippen MR) is 155 cm³/mol. The third kappa shape index (κ3) is 5.38. The Labute approximate surface area is 238 Å². The van der Waals surface area contributed by atoms with Crippen LogP contribution in [0.1, 0.15) is 18.1 Å². The summed E-state index contributed by atoms with van der Waals surface area (Å²) in [5, 5.41) is 14.7. The Morgan fingerprint density at radius 1 is 0.902 bits per heavy atom. The number of hydrogen-bond donors (Lipinski definition) is 0. The second-order valence-electron chi connectivity index (χ2n) is 9.45. The zero-order valence-corrected chi connectivity index (χ0v) is 23.0. The zero-order valence-electron chi connectivity index (χ0n) is 23.0. The second-order valence-corrected chi connectivity index (χ2v) is 9.45. The van der Waals surface area contributed by atoms with Crippen LogP contribution in [0.3, 0.4) is 0 Å². The number of aromatic nitrogens is 2. The lowest BCUT2D eigenvalue weighted by Crippen LogP contribution is -2.43. The molecule has 1 aliphatic heterocycles. The van der Waals surface area contributed by atoms with E-state index in [-0.39, 0.29) is 17.7 Å². The summed E-state index contributed by atoms with van der Waals surface area (Å²) in [4.78, 5) is 28.2. The third-order valence-electron chi connectivity index (χ3n) is 7.01. The van der Waals surface area contributed by atoms with E-state index < -0.39 is 11.8 Å². The summed E-state index contributed by atoms with van der Waals surface area (Å²) in [6, 6.07) is 26.8. The van der Waals surface area contributed by atoms with E-state index in [2.05, 4.69) is 0 Å². The fraction of sp³-hybridized carbons (Fsp3) is 0.152. The van der Waals surface area contributed by atoms with Crippen molar-refractivity contribution in [3.63, 3.8) is 0 Å². The summed E-state index contributed by atoms with van der Waals surface area (Å²) >= 11 is 0. The molecule has 8 nitrogen and oxygen atoms in total. The van der Waals surface area contributed by atoms with Gasteiger partial charge in [-0.15, -0.1) is 0 Å². The highest BCUT2D eigenvalue weighted by Crippen LogP contribution is 2.32. The molecule has 2 amide bonds. The maximum atomic E-state index is 13.8. The summed E-state index contributed by atoms with van der Waals surface area (Å²) in [5.74, 6) is 0.0794. The van der Waals surface area contributed by atoms with Gasteiger partial charge in [0.1, 0.15) is 11.6 Å². The van der Waals surface area contributed by atoms with E-state index in [1.165, 1.54) is 0 Å². The van der Waals surface area contributed by atoms with E-state index in [4.69, 9.17) is 14.6 Å². The maximum absolute atomic E-state index is 13.8. The molecule has 204 valence electrons. The van der Waals surface area contributed by atoms with E-state index in [1.54, 1.807) is 38.0 Å². The van der Waals surface area contributed by atoms with Crippen LogP contribution in [0.25, 0.3) is 23.0 Å². The molecular weight excluding hydrogens is 516 g/mol. The van der Waals surface area contributed by atoms with E-state index in [0.29, 0.717) is 34.8 Å². The summed E-state index contributed by atoms with van der Waals surface area (Å²) in [6.07, 6.45) is 3.95. The van der Waals surface area contributed by atoms with Gasteiger partial charge in [0.25, 0.3) is 11.8 Å². The van der Waals surface area contributed by atoms with Crippen molar-refractivity contribution < 1.29 is 19.1 Å². The quantitative estimate of drug-likeness (QED) is 0.218. The van der Waals surface area contributed by atoms with Crippen molar-refractivity contribution in [1.29, 1.82) is 5.26 Å². The number of benzene rings is 3. The number of para-hydroxylation sites is 1. The van der Waals surface area contributed by atoms with Crippen LogP contribution in [0, 0.1) is 11.3 Å². The molecule has 0 aliphatic carbocycles. The van der Waals surface area contributed by atoms with Crippen molar-refractivity contribution in [3.8, 4) is 34.5 Å². The highest BCUT2D eigenvalue weighted by Gasteiger charge is 2.35. The van der Waals surface area contributed by atoms with E-state index >= 15 is 0 Å². The summed E-state index contributed by atoms with van der Waals surface area (Å²) < 4.78 is 12.4. The minimum absolute atomic E-state index is 0.0557. The number of nitriles is 1. The van der Waals surface area contributed by atoms with E-state index in [1.807, 2.05) is 85.1 Å². The van der Waals surface area contributed by atoms with Crippen LogP contribution in [0.5, 0.6) is 11.5 Å². The average molecular weight is 545 g/mol. The van der Waals surface area contributed by atoms with Crippen LogP contribution in [0.2, 0.25) is 0 Å². The molecule has 4 aromatic rings. The first-order valence-corrected chi connectivity index (χ1v) is 13.1. The lowest BCUT2D eigenvalue weighted by atomic mass is 9.93. The molecule has 0 atom stereocenters. The van der Waals surface area contributed by atoms with Crippen LogP contribution in [-0.2, 0) is 16.0 Å². The minimum atomic E-state index is -0.601. The van der Waals surface area contributed by atoms with Crippen molar-refractivity contribution in [3.05, 3.63) is 113 Å². The number of rotatable bonds is 8. The van der Waals surface area contributed by atoms with Crippen LogP contribution in [-0.4, -0.2) is 47.3 Å². The van der Waals surface area contributed by atoms with Gasteiger partial charge in [-0.3, -0.25) is 14.5 Å². The van der Waals surface area contributed by atoms with Crippen molar-refractivity contribution in [2.75, 3.05) is 20.8 Å². The normalized spacial score (nSPS) is 14.4.